The summed E-state index contributed by atoms with van der Waals surface area (Å²) >= 11 is 0. The van der Waals surface area contributed by atoms with Gasteiger partial charge in [-0.2, -0.15) is 5.10 Å². The predicted octanol–water partition coefficient (Wildman–Crippen LogP) is 2.29. The normalized spacial score (nSPS) is 20.0. The highest BCUT2D eigenvalue weighted by atomic mass is 16.6. The summed E-state index contributed by atoms with van der Waals surface area (Å²) in [5.74, 6) is -0.0992. The molecule has 0 radical (unpaired) electrons. The topological polar surface area (TPSA) is 47.4 Å². The van der Waals surface area contributed by atoms with Gasteiger partial charge >= 0.3 is 5.97 Å². The first-order chi connectivity index (χ1) is 9.80. The van der Waals surface area contributed by atoms with Crippen LogP contribution in [-0.4, -0.2) is 38.8 Å². The van der Waals surface area contributed by atoms with E-state index in [0.717, 1.165) is 43.7 Å². The van der Waals surface area contributed by atoms with Crippen molar-refractivity contribution in [1.29, 1.82) is 0 Å². The minimum atomic E-state index is -0.423. The van der Waals surface area contributed by atoms with E-state index in [1.807, 2.05) is 32.5 Å². The van der Waals surface area contributed by atoms with Crippen LogP contribution in [0.5, 0.6) is 0 Å². The number of likely N-dealkylation sites (tertiary alicyclic amines) is 1. The highest BCUT2D eigenvalue weighted by Crippen LogP contribution is 2.23. The minimum absolute atomic E-state index is 0.0992. The number of aromatic nitrogens is 2. The van der Waals surface area contributed by atoms with Gasteiger partial charge in [0, 0.05) is 13.6 Å². The molecule has 118 valence electrons. The first-order valence-electron chi connectivity index (χ1n) is 7.79. The summed E-state index contributed by atoms with van der Waals surface area (Å²) in [7, 11) is 1.97. The van der Waals surface area contributed by atoms with Gasteiger partial charge < -0.3 is 4.74 Å². The molecule has 0 bridgehead atoms. The zero-order valence-electron chi connectivity index (χ0n) is 13.8. The Kier molecular flexibility index (Phi) is 4.71. The summed E-state index contributed by atoms with van der Waals surface area (Å²) in [6.07, 6.45) is 2.86. The van der Waals surface area contributed by atoms with Crippen molar-refractivity contribution >= 4 is 5.97 Å². The van der Waals surface area contributed by atoms with Crippen LogP contribution < -0.4 is 0 Å². The second-order valence-electron chi connectivity index (χ2n) is 6.77. The maximum absolute atomic E-state index is 12.3. The molecule has 1 fully saturated rings. The molecule has 0 aliphatic carbocycles. The van der Waals surface area contributed by atoms with Crippen LogP contribution in [0.3, 0.4) is 0 Å². The van der Waals surface area contributed by atoms with Gasteiger partial charge in [-0.25, -0.2) is 0 Å². The van der Waals surface area contributed by atoms with Gasteiger partial charge in [0.15, 0.2) is 0 Å². The summed E-state index contributed by atoms with van der Waals surface area (Å²) in [6.45, 7) is 9.55. The highest BCUT2D eigenvalue weighted by Gasteiger charge is 2.34. The van der Waals surface area contributed by atoms with Crippen LogP contribution in [0.4, 0.5) is 0 Å². The third-order valence-electron chi connectivity index (χ3n) is 3.80. The third kappa shape index (κ3) is 4.06. The molecule has 1 atom stereocenters. The van der Waals surface area contributed by atoms with E-state index in [2.05, 4.69) is 23.0 Å². The van der Waals surface area contributed by atoms with E-state index in [0.29, 0.717) is 0 Å². The molecule has 1 aliphatic rings. The van der Waals surface area contributed by atoms with E-state index in [1.54, 1.807) is 0 Å². The Morgan fingerprint density at radius 2 is 2.19 bits per heavy atom. The van der Waals surface area contributed by atoms with Crippen LogP contribution in [0.2, 0.25) is 0 Å². The van der Waals surface area contributed by atoms with Crippen molar-refractivity contribution < 1.29 is 9.53 Å². The molecule has 0 aromatic carbocycles. The number of hydrogen-bond donors (Lipinski definition) is 0. The third-order valence-corrected chi connectivity index (χ3v) is 3.80. The molecule has 0 amide bonds. The number of hydrogen-bond acceptors (Lipinski definition) is 4. The molecule has 1 aromatic heterocycles. The largest absolute Gasteiger partial charge is 0.459 e. The van der Waals surface area contributed by atoms with E-state index in [9.17, 15) is 4.79 Å². The van der Waals surface area contributed by atoms with E-state index in [4.69, 9.17) is 4.74 Å². The van der Waals surface area contributed by atoms with Gasteiger partial charge in [0.05, 0.1) is 11.4 Å². The average Bonchev–Trinajstić information content (AvgIpc) is 2.95. The summed E-state index contributed by atoms with van der Waals surface area (Å²) < 4.78 is 7.46. The van der Waals surface area contributed by atoms with Gasteiger partial charge in [0.2, 0.25) is 0 Å². The van der Waals surface area contributed by atoms with E-state index < -0.39 is 5.60 Å². The Hall–Kier alpha value is -1.36. The first-order valence-corrected chi connectivity index (χ1v) is 7.79. The summed E-state index contributed by atoms with van der Waals surface area (Å²) in [4.78, 5) is 14.5. The summed E-state index contributed by atoms with van der Waals surface area (Å²) in [5.41, 5.74) is 1.83. The maximum atomic E-state index is 12.3. The van der Waals surface area contributed by atoms with Crippen molar-refractivity contribution in [3.05, 3.63) is 17.5 Å². The molecule has 0 spiro atoms. The molecule has 0 unspecified atom stereocenters. The van der Waals surface area contributed by atoms with Crippen molar-refractivity contribution in [2.75, 3.05) is 6.54 Å². The van der Waals surface area contributed by atoms with Gasteiger partial charge in [-0.15, -0.1) is 0 Å². The molecule has 0 saturated carbocycles. The van der Waals surface area contributed by atoms with Crippen molar-refractivity contribution in [3.8, 4) is 0 Å². The zero-order valence-corrected chi connectivity index (χ0v) is 13.8. The van der Waals surface area contributed by atoms with Gasteiger partial charge in [0.1, 0.15) is 11.6 Å². The van der Waals surface area contributed by atoms with Crippen LogP contribution >= 0.6 is 0 Å². The number of esters is 1. The van der Waals surface area contributed by atoms with Crippen molar-refractivity contribution in [3.63, 3.8) is 0 Å². The minimum Gasteiger partial charge on any atom is -0.459 e. The fourth-order valence-corrected chi connectivity index (χ4v) is 2.75. The quantitative estimate of drug-likeness (QED) is 0.799. The van der Waals surface area contributed by atoms with Crippen LogP contribution in [0.1, 0.15) is 51.9 Å². The van der Waals surface area contributed by atoms with Crippen LogP contribution in [0.25, 0.3) is 0 Å². The lowest BCUT2D eigenvalue weighted by Gasteiger charge is -2.27. The van der Waals surface area contributed by atoms with E-state index in [-0.39, 0.29) is 12.0 Å². The van der Waals surface area contributed by atoms with Crippen molar-refractivity contribution in [2.45, 2.75) is 65.1 Å². The van der Waals surface area contributed by atoms with Gasteiger partial charge in [-0.3, -0.25) is 14.4 Å². The van der Waals surface area contributed by atoms with Gasteiger partial charge in [0.25, 0.3) is 0 Å². The van der Waals surface area contributed by atoms with Gasteiger partial charge in [-0.1, -0.05) is 6.92 Å². The van der Waals surface area contributed by atoms with Crippen LogP contribution in [0, 0.1) is 0 Å². The first kappa shape index (κ1) is 16.0. The molecule has 0 N–H and O–H groups in total. The number of carbonyl (C=O) groups is 1. The smallest absolute Gasteiger partial charge is 0.323 e. The lowest BCUT2D eigenvalue weighted by molar-refractivity contribution is -0.160. The Labute approximate surface area is 127 Å². The highest BCUT2D eigenvalue weighted by molar-refractivity contribution is 5.76. The lowest BCUT2D eigenvalue weighted by Crippen LogP contribution is -2.40. The molecule has 2 rings (SSSR count). The summed E-state index contributed by atoms with van der Waals surface area (Å²) in [6, 6.07) is 2.01. The number of ether oxygens (including phenoxy) is 1. The second kappa shape index (κ2) is 6.18. The Balaban J connectivity index is 2.04. The maximum Gasteiger partial charge on any atom is 0.323 e. The van der Waals surface area contributed by atoms with Crippen LogP contribution in [0.15, 0.2) is 6.07 Å². The number of aryl methyl sites for hydroxylation is 2. The van der Waals surface area contributed by atoms with Crippen molar-refractivity contribution in [2.24, 2.45) is 7.05 Å². The number of carbonyl (C=O) groups excluding carboxylic acids is 1. The van der Waals surface area contributed by atoms with Gasteiger partial charge in [-0.05, 0) is 52.6 Å². The SMILES string of the molecule is CCc1cc(CN2CCC[C@@H]2C(=O)OC(C)(C)C)n(C)n1. The fraction of sp³-hybridized carbons (Fsp3) is 0.750. The van der Waals surface area contributed by atoms with Crippen molar-refractivity contribution in [1.82, 2.24) is 14.7 Å². The lowest BCUT2D eigenvalue weighted by atomic mass is 10.1. The number of nitrogens with zero attached hydrogens (tertiary/aromatic N) is 3. The fourth-order valence-electron chi connectivity index (χ4n) is 2.75. The van der Waals surface area contributed by atoms with E-state index >= 15 is 0 Å². The average molecular weight is 293 g/mol. The monoisotopic (exact) mass is 293 g/mol. The second-order valence-corrected chi connectivity index (χ2v) is 6.77. The molecular weight excluding hydrogens is 266 g/mol. The molecule has 1 aliphatic heterocycles. The Bertz CT molecular complexity index is 502. The predicted molar refractivity (Wildman–Crippen MR) is 81.9 cm³/mol. The van der Waals surface area contributed by atoms with Crippen LogP contribution in [-0.2, 0) is 29.5 Å². The molecular formula is C16H27N3O2. The van der Waals surface area contributed by atoms with E-state index in [1.165, 1.54) is 0 Å². The number of rotatable bonds is 4. The molecule has 21 heavy (non-hydrogen) atoms. The molecule has 1 saturated heterocycles. The standard InChI is InChI=1S/C16H27N3O2/c1-6-12-10-13(18(5)17-12)11-19-9-7-8-14(19)15(20)21-16(2,3)4/h10,14H,6-9,11H2,1-5H3/t14-/m1/s1. The Morgan fingerprint density at radius 3 is 2.76 bits per heavy atom. The molecule has 1 aromatic rings. The summed E-state index contributed by atoms with van der Waals surface area (Å²) in [5, 5.41) is 4.47. The zero-order chi connectivity index (χ0) is 15.6. The molecule has 5 heteroatoms. The Morgan fingerprint density at radius 1 is 1.48 bits per heavy atom. The molecule has 2 heterocycles. The molecule has 5 nitrogen and oxygen atoms in total.